The molecule has 2 atom stereocenters. The van der Waals surface area contributed by atoms with Crippen LogP contribution in [0.3, 0.4) is 0 Å². The predicted molar refractivity (Wildman–Crippen MR) is 139 cm³/mol. The van der Waals surface area contributed by atoms with Gasteiger partial charge < -0.3 is 24.0 Å². The highest BCUT2D eigenvalue weighted by Gasteiger charge is 2.43. The third kappa shape index (κ3) is 5.63. The summed E-state index contributed by atoms with van der Waals surface area (Å²) in [5.74, 6) is -0.647. The number of benzene rings is 2. The first kappa shape index (κ1) is 26.3. The van der Waals surface area contributed by atoms with E-state index in [2.05, 4.69) is 12.1 Å². The molecule has 0 radical (unpaired) electrons. The Bertz CT molecular complexity index is 1140. The minimum atomic E-state index is -0.714. The molecule has 1 fully saturated rings. The Hall–Kier alpha value is -3.81. The lowest BCUT2D eigenvalue weighted by Gasteiger charge is -2.38. The van der Waals surface area contributed by atoms with Crippen LogP contribution in [0.2, 0.25) is 0 Å². The largest absolute Gasteiger partial charge is 0.493 e. The Kier molecular flexibility index (Phi) is 8.48. The van der Waals surface area contributed by atoms with Crippen LogP contribution >= 0.6 is 0 Å². The second-order valence-corrected chi connectivity index (χ2v) is 9.29. The van der Waals surface area contributed by atoms with E-state index in [4.69, 9.17) is 14.2 Å². The Labute approximate surface area is 217 Å². The highest BCUT2D eigenvalue weighted by Crippen LogP contribution is 2.39. The summed E-state index contributed by atoms with van der Waals surface area (Å²) >= 11 is 0. The molecule has 0 aliphatic carbocycles. The van der Waals surface area contributed by atoms with Gasteiger partial charge in [-0.3, -0.25) is 14.4 Å². The number of amides is 2. The zero-order valence-electron chi connectivity index (χ0n) is 21.6. The van der Waals surface area contributed by atoms with Crippen molar-refractivity contribution in [3.63, 3.8) is 0 Å². The summed E-state index contributed by atoms with van der Waals surface area (Å²) in [6.07, 6.45) is 8.49. The number of hydrogen-bond acceptors (Lipinski definition) is 6. The molecule has 2 aromatic rings. The topological polar surface area (TPSA) is 85.4 Å². The van der Waals surface area contributed by atoms with Crippen molar-refractivity contribution >= 4 is 17.6 Å². The van der Waals surface area contributed by atoms with Crippen LogP contribution in [0.1, 0.15) is 48.0 Å². The number of Topliss-reactive ketones (excluding diaryl/α,β-unsaturated/α-hetero) is 1. The van der Waals surface area contributed by atoms with Gasteiger partial charge in [-0.15, -0.1) is 0 Å². The van der Waals surface area contributed by atoms with Crippen molar-refractivity contribution in [3.8, 4) is 17.2 Å². The van der Waals surface area contributed by atoms with E-state index in [1.807, 2.05) is 24.3 Å². The summed E-state index contributed by atoms with van der Waals surface area (Å²) in [6.45, 7) is 0.578. The molecular weight excluding hydrogens is 472 g/mol. The second kappa shape index (κ2) is 12.0. The molecule has 0 spiro atoms. The lowest BCUT2D eigenvalue weighted by molar-refractivity contribution is -0.144. The molecule has 8 nitrogen and oxygen atoms in total. The van der Waals surface area contributed by atoms with E-state index >= 15 is 0 Å². The van der Waals surface area contributed by atoms with Crippen molar-refractivity contribution in [2.45, 2.75) is 50.6 Å². The monoisotopic (exact) mass is 506 g/mol. The van der Waals surface area contributed by atoms with Gasteiger partial charge in [-0.1, -0.05) is 30.3 Å². The first-order valence-corrected chi connectivity index (χ1v) is 12.7. The lowest BCUT2D eigenvalue weighted by Crippen LogP contribution is -2.55. The maximum absolute atomic E-state index is 13.5. The fourth-order valence-electron chi connectivity index (χ4n) is 5.11. The fraction of sp³-hybridized carbons (Fsp3) is 0.414. The van der Waals surface area contributed by atoms with E-state index in [9.17, 15) is 14.4 Å². The van der Waals surface area contributed by atoms with Gasteiger partial charge in [0.05, 0.1) is 27.4 Å². The zero-order valence-corrected chi connectivity index (χ0v) is 21.6. The number of nitrogens with zero attached hydrogens (tertiary/aromatic N) is 2. The van der Waals surface area contributed by atoms with Crippen molar-refractivity contribution in [2.24, 2.45) is 0 Å². The molecule has 4 rings (SSSR count). The van der Waals surface area contributed by atoms with Crippen LogP contribution in [-0.4, -0.2) is 67.4 Å². The number of unbranched alkanes of at least 4 members (excludes halogenated alkanes) is 1. The van der Waals surface area contributed by atoms with Crippen molar-refractivity contribution in [1.29, 1.82) is 0 Å². The first-order chi connectivity index (χ1) is 18.0. The highest BCUT2D eigenvalue weighted by molar-refractivity contribution is 6.43. The van der Waals surface area contributed by atoms with E-state index in [-0.39, 0.29) is 29.0 Å². The average Bonchev–Trinajstić information content (AvgIpc) is 3.01. The SMILES string of the molecule is COc1cc(C(=O)C(=O)N2C3C=CN(CCCCc4ccccc4)C(=O)C2CCC3)cc(OC)c1OC. The summed E-state index contributed by atoms with van der Waals surface area (Å²) < 4.78 is 16.0. The minimum Gasteiger partial charge on any atom is -0.493 e. The average molecular weight is 507 g/mol. The van der Waals surface area contributed by atoms with Gasteiger partial charge in [0, 0.05) is 18.3 Å². The smallest absolute Gasteiger partial charge is 0.296 e. The third-order valence-corrected chi connectivity index (χ3v) is 7.04. The molecule has 2 amide bonds. The number of carbonyl (C=O) groups is 3. The predicted octanol–water partition coefficient (Wildman–Crippen LogP) is 4.02. The van der Waals surface area contributed by atoms with Crippen LogP contribution in [0.4, 0.5) is 0 Å². The number of rotatable bonds is 10. The Morgan fingerprint density at radius 2 is 1.65 bits per heavy atom. The summed E-state index contributed by atoms with van der Waals surface area (Å²) in [4.78, 5) is 43.6. The molecule has 1 saturated heterocycles. The van der Waals surface area contributed by atoms with Gasteiger partial charge in [-0.25, -0.2) is 0 Å². The van der Waals surface area contributed by atoms with Crippen LogP contribution in [-0.2, 0) is 16.0 Å². The zero-order chi connectivity index (χ0) is 26.4. The van der Waals surface area contributed by atoms with E-state index in [1.54, 1.807) is 11.1 Å². The van der Waals surface area contributed by atoms with Gasteiger partial charge in [0.2, 0.25) is 11.7 Å². The number of hydrogen-bond donors (Lipinski definition) is 0. The molecular formula is C29H34N2O6. The highest BCUT2D eigenvalue weighted by atomic mass is 16.5. The number of methoxy groups -OCH3 is 3. The maximum Gasteiger partial charge on any atom is 0.296 e. The Balaban J connectivity index is 1.48. The number of ether oxygens (including phenoxy) is 3. The second-order valence-electron chi connectivity index (χ2n) is 9.29. The van der Waals surface area contributed by atoms with Gasteiger partial charge in [0.1, 0.15) is 6.04 Å². The number of carbonyl (C=O) groups excluding carboxylic acids is 3. The van der Waals surface area contributed by atoms with Gasteiger partial charge in [-0.2, -0.15) is 0 Å². The molecule has 0 N–H and O–H groups in total. The molecule has 196 valence electrons. The summed E-state index contributed by atoms with van der Waals surface area (Å²) in [6, 6.07) is 12.2. The molecule has 0 aromatic heterocycles. The number of aryl methyl sites for hydroxylation is 1. The lowest BCUT2D eigenvalue weighted by atomic mass is 9.94. The van der Waals surface area contributed by atoms with E-state index in [0.717, 1.165) is 25.7 Å². The third-order valence-electron chi connectivity index (χ3n) is 7.04. The molecule has 2 bridgehead atoms. The van der Waals surface area contributed by atoms with Crippen molar-refractivity contribution in [1.82, 2.24) is 9.80 Å². The normalized spacial score (nSPS) is 18.8. The molecule has 8 heteroatoms. The van der Waals surface area contributed by atoms with Gasteiger partial charge in [0.25, 0.3) is 11.7 Å². The van der Waals surface area contributed by atoms with Crippen molar-refractivity contribution < 1.29 is 28.6 Å². The molecule has 2 aromatic carbocycles. The molecule has 2 aliphatic heterocycles. The van der Waals surface area contributed by atoms with Crippen LogP contribution < -0.4 is 14.2 Å². The first-order valence-electron chi connectivity index (χ1n) is 12.7. The molecule has 37 heavy (non-hydrogen) atoms. The standard InChI is InChI=1S/C29H34N2O6/c1-35-24-18-21(19-25(36-2)27(24)37-3)26(32)29(34)31-22-13-9-14-23(31)28(33)30(17-15-22)16-8-7-12-20-10-5-4-6-11-20/h4-6,10-11,15,17-19,22-23H,7-9,12-14,16H2,1-3H3. The summed E-state index contributed by atoms with van der Waals surface area (Å²) in [5.41, 5.74) is 1.40. The van der Waals surface area contributed by atoms with Crippen molar-refractivity contribution in [3.05, 3.63) is 65.9 Å². The maximum atomic E-state index is 13.5. The molecule has 0 saturated carbocycles. The Morgan fingerprint density at radius 1 is 0.946 bits per heavy atom. The van der Waals surface area contributed by atoms with E-state index in [0.29, 0.717) is 25.1 Å². The molecule has 2 aliphatic rings. The molecule has 2 unspecified atom stereocenters. The van der Waals surface area contributed by atoms with E-state index < -0.39 is 17.7 Å². The summed E-state index contributed by atoms with van der Waals surface area (Å²) in [5, 5.41) is 0. The Morgan fingerprint density at radius 3 is 2.30 bits per heavy atom. The van der Waals surface area contributed by atoms with Gasteiger partial charge in [0.15, 0.2) is 11.5 Å². The van der Waals surface area contributed by atoms with Gasteiger partial charge >= 0.3 is 0 Å². The van der Waals surface area contributed by atoms with Gasteiger partial charge in [-0.05, 0) is 62.3 Å². The van der Waals surface area contributed by atoms with Crippen LogP contribution in [0.15, 0.2) is 54.7 Å². The minimum absolute atomic E-state index is 0.121. The fourth-order valence-corrected chi connectivity index (χ4v) is 5.11. The van der Waals surface area contributed by atoms with Crippen molar-refractivity contribution in [2.75, 3.05) is 27.9 Å². The quantitative estimate of drug-likeness (QED) is 0.275. The van der Waals surface area contributed by atoms with Crippen LogP contribution in [0, 0.1) is 0 Å². The number of piperidine rings is 1. The summed E-state index contributed by atoms with van der Waals surface area (Å²) in [7, 11) is 4.37. The van der Waals surface area contributed by atoms with Crippen LogP contribution in [0.25, 0.3) is 0 Å². The number of ketones is 1. The number of fused-ring (bicyclic) bond motifs is 2. The van der Waals surface area contributed by atoms with Crippen LogP contribution in [0.5, 0.6) is 17.2 Å². The molecule has 2 heterocycles. The van der Waals surface area contributed by atoms with E-state index in [1.165, 1.54) is 43.9 Å².